The number of hydrogen-bond donors (Lipinski definition) is 2. The molecule has 130 valence electrons. The van der Waals surface area contributed by atoms with E-state index < -0.39 is 16.1 Å². The number of sulfonamides is 1. The Kier molecular flexibility index (Phi) is 4.28. The molecule has 0 saturated heterocycles. The monoisotopic (exact) mass is 363 g/mol. The second-order valence-corrected chi connectivity index (χ2v) is 7.58. The molecule has 6 heteroatoms. The molecule has 2 heterocycles. The van der Waals surface area contributed by atoms with Gasteiger partial charge in [0.05, 0.1) is 6.04 Å². The van der Waals surface area contributed by atoms with Crippen molar-refractivity contribution in [2.75, 3.05) is 0 Å². The highest BCUT2D eigenvalue weighted by Gasteiger charge is 2.25. The number of aromatic nitrogens is 2. The van der Waals surface area contributed by atoms with E-state index in [2.05, 4.69) is 14.7 Å². The first-order valence-corrected chi connectivity index (χ1v) is 9.68. The average Bonchev–Trinajstić information content (AvgIpc) is 3.11. The van der Waals surface area contributed by atoms with Gasteiger partial charge >= 0.3 is 0 Å². The second-order valence-electron chi connectivity index (χ2n) is 5.92. The molecule has 1 atom stereocenters. The Morgan fingerprint density at radius 2 is 1.62 bits per heavy atom. The van der Waals surface area contributed by atoms with Gasteiger partial charge in [0, 0.05) is 23.3 Å². The Morgan fingerprint density at radius 3 is 2.38 bits per heavy atom. The van der Waals surface area contributed by atoms with Crippen LogP contribution in [-0.4, -0.2) is 18.4 Å². The highest BCUT2D eigenvalue weighted by atomic mass is 32.2. The maximum Gasteiger partial charge on any atom is 0.258 e. The molecule has 2 N–H and O–H groups in total. The summed E-state index contributed by atoms with van der Waals surface area (Å²) in [6, 6.07) is 21.6. The van der Waals surface area contributed by atoms with Crippen molar-refractivity contribution in [2.24, 2.45) is 0 Å². The van der Waals surface area contributed by atoms with Crippen LogP contribution in [0.2, 0.25) is 0 Å². The van der Waals surface area contributed by atoms with Crippen LogP contribution in [0.15, 0.2) is 90.2 Å². The first-order valence-electron chi connectivity index (χ1n) is 8.19. The molecule has 0 saturated carbocycles. The third kappa shape index (κ3) is 3.12. The number of fused-ring (bicyclic) bond motifs is 1. The van der Waals surface area contributed by atoms with E-state index in [0.29, 0.717) is 0 Å². The molecule has 0 aliphatic carbocycles. The number of hydrogen-bond acceptors (Lipinski definition) is 3. The number of H-pyrrole nitrogens is 1. The number of para-hydroxylation sites is 1. The van der Waals surface area contributed by atoms with Gasteiger partial charge in [-0.2, -0.15) is 4.72 Å². The van der Waals surface area contributed by atoms with Crippen molar-refractivity contribution in [1.29, 1.82) is 0 Å². The molecule has 5 nitrogen and oxygen atoms in total. The summed E-state index contributed by atoms with van der Waals surface area (Å²) in [5.74, 6) is 0. The van der Waals surface area contributed by atoms with Crippen LogP contribution in [0.1, 0.15) is 17.2 Å². The van der Waals surface area contributed by atoms with Gasteiger partial charge < -0.3 is 4.98 Å². The van der Waals surface area contributed by atoms with Gasteiger partial charge in [0.1, 0.15) is 0 Å². The smallest absolute Gasteiger partial charge is 0.258 e. The molecule has 4 rings (SSSR count). The first kappa shape index (κ1) is 16.5. The van der Waals surface area contributed by atoms with Crippen molar-refractivity contribution in [3.05, 3.63) is 96.3 Å². The van der Waals surface area contributed by atoms with Crippen LogP contribution in [0, 0.1) is 0 Å². The van der Waals surface area contributed by atoms with Crippen LogP contribution in [-0.2, 0) is 10.0 Å². The summed E-state index contributed by atoms with van der Waals surface area (Å²) in [5.41, 5.74) is 2.68. The minimum absolute atomic E-state index is 0.000715. The van der Waals surface area contributed by atoms with Crippen LogP contribution < -0.4 is 4.72 Å². The van der Waals surface area contributed by atoms with Crippen molar-refractivity contribution >= 4 is 20.9 Å². The van der Waals surface area contributed by atoms with Crippen molar-refractivity contribution in [2.45, 2.75) is 11.1 Å². The molecule has 2 aromatic heterocycles. The molecule has 0 aliphatic heterocycles. The predicted molar refractivity (Wildman–Crippen MR) is 101 cm³/mol. The summed E-state index contributed by atoms with van der Waals surface area (Å²) in [6.07, 6.45) is 3.32. The lowest BCUT2D eigenvalue weighted by Gasteiger charge is -2.19. The Labute approximate surface area is 151 Å². The van der Waals surface area contributed by atoms with Crippen LogP contribution in [0.25, 0.3) is 10.9 Å². The summed E-state index contributed by atoms with van der Waals surface area (Å²) in [4.78, 5) is 7.20. The topological polar surface area (TPSA) is 74.8 Å². The SMILES string of the molecule is O=S(=O)(N[C@@H](c1ccccc1)c1c[nH]c2ccccc12)c1ccccn1. The van der Waals surface area contributed by atoms with Gasteiger partial charge in [-0.25, -0.2) is 13.4 Å². The highest BCUT2D eigenvalue weighted by Crippen LogP contribution is 2.30. The second kappa shape index (κ2) is 6.74. The zero-order valence-electron chi connectivity index (χ0n) is 13.8. The van der Waals surface area contributed by atoms with E-state index in [0.717, 1.165) is 22.0 Å². The molecular formula is C20H17N3O2S. The molecule has 0 unspecified atom stereocenters. The maximum absolute atomic E-state index is 12.9. The molecule has 0 radical (unpaired) electrons. The summed E-state index contributed by atoms with van der Waals surface area (Å²) in [7, 11) is -3.78. The van der Waals surface area contributed by atoms with E-state index in [9.17, 15) is 8.42 Å². The number of aromatic amines is 1. The number of benzene rings is 2. The molecule has 4 aromatic rings. The fourth-order valence-corrected chi connectivity index (χ4v) is 4.16. The Morgan fingerprint density at radius 1 is 0.885 bits per heavy atom. The lowest BCUT2D eigenvalue weighted by atomic mass is 9.99. The number of nitrogens with one attached hydrogen (secondary N) is 2. The van der Waals surface area contributed by atoms with Crippen molar-refractivity contribution in [3.8, 4) is 0 Å². The summed E-state index contributed by atoms with van der Waals surface area (Å²) in [6.45, 7) is 0. The van der Waals surface area contributed by atoms with Gasteiger partial charge in [-0.15, -0.1) is 0 Å². The third-order valence-electron chi connectivity index (χ3n) is 4.25. The number of nitrogens with zero attached hydrogens (tertiary/aromatic N) is 1. The Bertz CT molecular complexity index is 1120. The summed E-state index contributed by atoms with van der Waals surface area (Å²) < 4.78 is 28.5. The average molecular weight is 363 g/mol. The molecule has 0 aliphatic rings. The van der Waals surface area contributed by atoms with E-state index in [4.69, 9.17) is 0 Å². The van der Waals surface area contributed by atoms with E-state index in [1.807, 2.05) is 60.8 Å². The van der Waals surface area contributed by atoms with Gasteiger partial charge in [-0.3, -0.25) is 0 Å². The lowest BCUT2D eigenvalue weighted by Crippen LogP contribution is -2.30. The van der Waals surface area contributed by atoms with E-state index in [1.165, 1.54) is 12.3 Å². The first-order chi connectivity index (χ1) is 12.6. The fourth-order valence-electron chi connectivity index (χ4n) is 3.01. The van der Waals surface area contributed by atoms with Gasteiger partial charge in [0.25, 0.3) is 10.0 Å². The minimum atomic E-state index is -3.78. The number of pyridine rings is 1. The molecule has 2 aromatic carbocycles. The van der Waals surface area contributed by atoms with E-state index >= 15 is 0 Å². The zero-order chi connectivity index (χ0) is 18.0. The minimum Gasteiger partial charge on any atom is -0.361 e. The Balaban J connectivity index is 1.82. The van der Waals surface area contributed by atoms with Crippen molar-refractivity contribution < 1.29 is 8.42 Å². The van der Waals surface area contributed by atoms with Gasteiger partial charge in [0.2, 0.25) is 0 Å². The molecular weight excluding hydrogens is 346 g/mol. The maximum atomic E-state index is 12.9. The van der Waals surface area contributed by atoms with E-state index in [-0.39, 0.29) is 5.03 Å². The van der Waals surface area contributed by atoms with Gasteiger partial charge in [-0.05, 0) is 29.3 Å². The van der Waals surface area contributed by atoms with Crippen LogP contribution in [0.4, 0.5) is 0 Å². The normalized spacial score (nSPS) is 12.9. The van der Waals surface area contributed by atoms with Gasteiger partial charge in [-0.1, -0.05) is 54.6 Å². The molecule has 0 fully saturated rings. The van der Waals surface area contributed by atoms with E-state index in [1.54, 1.807) is 12.1 Å². The summed E-state index contributed by atoms with van der Waals surface area (Å²) >= 11 is 0. The van der Waals surface area contributed by atoms with Crippen LogP contribution >= 0.6 is 0 Å². The van der Waals surface area contributed by atoms with Crippen molar-refractivity contribution in [3.63, 3.8) is 0 Å². The largest absolute Gasteiger partial charge is 0.361 e. The van der Waals surface area contributed by atoms with Crippen molar-refractivity contribution in [1.82, 2.24) is 14.7 Å². The molecule has 0 amide bonds. The highest BCUT2D eigenvalue weighted by molar-refractivity contribution is 7.89. The molecule has 0 spiro atoms. The quantitative estimate of drug-likeness (QED) is 0.568. The van der Waals surface area contributed by atoms with Gasteiger partial charge in [0.15, 0.2) is 5.03 Å². The van der Waals surface area contributed by atoms with Crippen LogP contribution in [0.5, 0.6) is 0 Å². The Hall–Kier alpha value is -2.96. The molecule has 26 heavy (non-hydrogen) atoms. The standard InChI is InChI=1S/C20H17N3O2S/c24-26(25,19-12-6-7-13-21-19)23-20(15-8-2-1-3-9-15)17-14-22-18-11-5-4-10-16(17)18/h1-14,20,22-23H/t20-/m0/s1. The third-order valence-corrected chi connectivity index (χ3v) is 5.59. The number of rotatable bonds is 5. The predicted octanol–water partition coefficient (Wildman–Crippen LogP) is 3.63. The fraction of sp³-hybridized carbons (Fsp3) is 0.0500. The lowest BCUT2D eigenvalue weighted by molar-refractivity contribution is 0.569. The van der Waals surface area contributed by atoms with Crippen LogP contribution in [0.3, 0.4) is 0 Å². The molecule has 0 bridgehead atoms. The summed E-state index contributed by atoms with van der Waals surface area (Å²) in [5, 5.41) is 0.978. The zero-order valence-corrected chi connectivity index (χ0v) is 14.6.